The van der Waals surface area contributed by atoms with Gasteiger partial charge < -0.3 is 15.2 Å². The number of nitrogens with one attached hydrogen (secondary N) is 1. The first kappa shape index (κ1) is 16.9. The van der Waals surface area contributed by atoms with Gasteiger partial charge in [0.1, 0.15) is 11.3 Å². The van der Waals surface area contributed by atoms with Gasteiger partial charge in [-0.1, -0.05) is 0 Å². The van der Waals surface area contributed by atoms with Crippen molar-refractivity contribution in [3.8, 4) is 0 Å². The lowest BCUT2D eigenvalue weighted by Crippen LogP contribution is -2.46. The Morgan fingerprint density at radius 2 is 1.94 bits per heavy atom. The predicted molar refractivity (Wildman–Crippen MR) is 65.0 cm³/mol. The number of sulfone groups is 1. The standard InChI is InChI=1S/C10H19NO6S/c1-7(18(3,15)16)9(12)11-8(10(13)14)5-4-6-17-2/h7-8H,4-6H2,1-3H3,(H,11,12)(H,13,14). The fourth-order valence-electron chi connectivity index (χ4n) is 1.17. The molecule has 2 atom stereocenters. The smallest absolute Gasteiger partial charge is 0.326 e. The van der Waals surface area contributed by atoms with Crippen molar-refractivity contribution in [1.82, 2.24) is 5.32 Å². The molecule has 106 valence electrons. The van der Waals surface area contributed by atoms with Crippen LogP contribution in [0.3, 0.4) is 0 Å². The lowest BCUT2D eigenvalue weighted by atomic mass is 10.1. The molecule has 0 aromatic heterocycles. The lowest BCUT2D eigenvalue weighted by Gasteiger charge is -2.16. The minimum absolute atomic E-state index is 0.186. The van der Waals surface area contributed by atoms with Crippen molar-refractivity contribution < 1.29 is 27.9 Å². The molecule has 0 heterocycles. The molecule has 0 aromatic carbocycles. The summed E-state index contributed by atoms with van der Waals surface area (Å²) in [6.45, 7) is 1.60. The van der Waals surface area contributed by atoms with Gasteiger partial charge in [0.2, 0.25) is 5.91 Å². The molecule has 7 nitrogen and oxygen atoms in total. The first-order chi connectivity index (χ1) is 8.20. The van der Waals surface area contributed by atoms with E-state index in [1.54, 1.807) is 0 Å². The predicted octanol–water partition coefficient (Wildman–Crippen LogP) is -0.584. The maximum absolute atomic E-state index is 11.6. The Balaban J connectivity index is 4.50. The summed E-state index contributed by atoms with van der Waals surface area (Å²) in [7, 11) is -2.04. The summed E-state index contributed by atoms with van der Waals surface area (Å²) in [5.41, 5.74) is 0. The van der Waals surface area contributed by atoms with Crippen LogP contribution in [-0.2, 0) is 24.2 Å². The van der Waals surface area contributed by atoms with E-state index in [-0.39, 0.29) is 6.42 Å². The Labute approximate surface area is 106 Å². The van der Waals surface area contributed by atoms with Crippen LogP contribution >= 0.6 is 0 Å². The SMILES string of the molecule is COCCCC(NC(=O)C(C)S(C)(=O)=O)C(=O)O. The van der Waals surface area contributed by atoms with Crippen molar-refractivity contribution in [1.29, 1.82) is 0 Å². The number of aliphatic carboxylic acids is 1. The quantitative estimate of drug-likeness (QED) is 0.576. The van der Waals surface area contributed by atoms with Gasteiger partial charge >= 0.3 is 5.97 Å². The molecule has 1 amide bonds. The van der Waals surface area contributed by atoms with Gasteiger partial charge in [0.05, 0.1) is 0 Å². The minimum Gasteiger partial charge on any atom is -0.480 e. The average molecular weight is 281 g/mol. The molecule has 0 fully saturated rings. The summed E-state index contributed by atoms with van der Waals surface area (Å²) in [5, 5.41) is 9.85. The summed E-state index contributed by atoms with van der Waals surface area (Å²) in [4.78, 5) is 22.4. The second kappa shape index (κ2) is 7.32. The zero-order valence-corrected chi connectivity index (χ0v) is 11.5. The third kappa shape index (κ3) is 5.97. The number of amides is 1. The van der Waals surface area contributed by atoms with E-state index >= 15 is 0 Å². The fraction of sp³-hybridized carbons (Fsp3) is 0.800. The summed E-state index contributed by atoms with van der Waals surface area (Å²) in [6, 6.07) is -1.10. The number of carbonyl (C=O) groups excluding carboxylic acids is 1. The second-order valence-corrected chi connectivity index (χ2v) is 6.37. The van der Waals surface area contributed by atoms with E-state index in [2.05, 4.69) is 5.32 Å². The maximum atomic E-state index is 11.6. The van der Waals surface area contributed by atoms with E-state index in [0.29, 0.717) is 13.0 Å². The molecule has 0 aliphatic rings. The van der Waals surface area contributed by atoms with Crippen molar-refractivity contribution in [2.24, 2.45) is 0 Å². The molecule has 0 radical (unpaired) electrons. The van der Waals surface area contributed by atoms with Crippen molar-refractivity contribution in [3.05, 3.63) is 0 Å². The summed E-state index contributed by atoms with van der Waals surface area (Å²) in [6.07, 6.45) is 1.57. The number of methoxy groups -OCH3 is 1. The molecule has 0 saturated carbocycles. The van der Waals surface area contributed by atoms with Gasteiger partial charge in [-0.15, -0.1) is 0 Å². The summed E-state index contributed by atoms with van der Waals surface area (Å²) >= 11 is 0. The topological polar surface area (TPSA) is 110 Å². The van der Waals surface area contributed by atoms with Crippen LogP contribution in [0.1, 0.15) is 19.8 Å². The van der Waals surface area contributed by atoms with Crippen LogP contribution in [0.15, 0.2) is 0 Å². The highest BCUT2D eigenvalue weighted by Crippen LogP contribution is 2.02. The number of hydrogen-bond acceptors (Lipinski definition) is 5. The molecule has 2 unspecified atom stereocenters. The zero-order chi connectivity index (χ0) is 14.3. The number of rotatable bonds is 8. The van der Waals surface area contributed by atoms with E-state index in [0.717, 1.165) is 6.26 Å². The van der Waals surface area contributed by atoms with Crippen molar-refractivity contribution in [2.45, 2.75) is 31.1 Å². The van der Waals surface area contributed by atoms with Gasteiger partial charge in [-0.3, -0.25) is 4.79 Å². The van der Waals surface area contributed by atoms with Gasteiger partial charge in [-0.2, -0.15) is 0 Å². The Hall–Kier alpha value is -1.15. The van der Waals surface area contributed by atoms with Crippen molar-refractivity contribution in [3.63, 3.8) is 0 Å². The Morgan fingerprint density at radius 3 is 2.33 bits per heavy atom. The van der Waals surface area contributed by atoms with Crippen LogP contribution < -0.4 is 5.32 Å². The zero-order valence-electron chi connectivity index (χ0n) is 10.7. The molecular formula is C10H19NO6S. The van der Waals surface area contributed by atoms with Crippen LogP contribution in [0.5, 0.6) is 0 Å². The van der Waals surface area contributed by atoms with E-state index in [1.807, 2.05) is 0 Å². The van der Waals surface area contributed by atoms with Crippen LogP contribution in [-0.4, -0.2) is 56.7 Å². The highest BCUT2D eigenvalue weighted by atomic mass is 32.2. The van der Waals surface area contributed by atoms with Crippen LogP contribution in [0, 0.1) is 0 Å². The molecule has 8 heteroatoms. The second-order valence-electron chi connectivity index (χ2n) is 4.01. The molecule has 0 spiro atoms. The minimum atomic E-state index is -3.53. The molecular weight excluding hydrogens is 262 g/mol. The van der Waals surface area contributed by atoms with Crippen molar-refractivity contribution >= 4 is 21.7 Å². The average Bonchev–Trinajstić information content (AvgIpc) is 2.25. The number of carbonyl (C=O) groups is 2. The van der Waals surface area contributed by atoms with Gasteiger partial charge in [-0.25, -0.2) is 13.2 Å². The lowest BCUT2D eigenvalue weighted by molar-refractivity contribution is -0.142. The van der Waals surface area contributed by atoms with Gasteiger partial charge in [0.25, 0.3) is 0 Å². The van der Waals surface area contributed by atoms with Gasteiger partial charge in [-0.05, 0) is 19.8 Å². The van der Waals surface area contributed by atoms with Crippen molar-refractivity contribution in [2.75, 3.05) is 20.0 Å². The first-order valence-electron chi connectivity index (χ1n) is 5.41. The third-order valence-electron chi connectivity index (χ3n) is 2.47. The monoisotopic (exact) mass is 281 g/mol. The third-order valence-corrected chi connectivity index (χ3v) is 3.97. The molecule has 18 heavy (non-hydrogen) atoms. The summed E-state index contributed by atoms with van der Waals surface area (Å²) in [5.74, 6) is -2.00. The van der Waals surface area contributed by atoms with E-state index in [4.69, 9.17) is 9.84 Å². The van der Waals surface area contributed by atoms with Gasteiger partial charge in [0, 0.05) is 20.0 Å². The molecule has 0 rings (SSSR count). The molecule has 0 bridgehead atoms. The normalized spacial score (nSPS) is 14.8. The Bertz CT molecular complexity index is 391. The maximum Gasteiger partial charge on any atom is 0.326 e. The number of ether oxygens (including phenoxy) is 1. The molecule has 0 saturated heterocycles. The van der Waals surface area contributed by atoms with E-state index in [1.165, 1.54) is 14.0 Å². The molecule has 0 aliphatic carbocycles. The summed E-state index contributed by atoms with van der Waals surface area (Å²) < 4.78 is 27.1. The number of carboxylic acid groups (broad SMARTS) is 1. The van der Waals surface area contributed by atoms with Crippen LogP contribution in [0.2, 0.25) is 0 Å². The molecule has 0 aliphatic heterocycles. The highest BCUT2D eigenvalue weighted by Gasteiger charge is 2.27. The highest BCUT2D eigenvalue weighted by molar-refractivity contribution is 7.92. The Morgan fingerprint density at radius 1 is 1.39 bits per heavy atom. The number of carboxylic acids is 1. The van der Waals surface area contributed by atoms with E-state index < -0.39 is 33.0 Å². The molecule has 2 N–H and O–H groups in total. The van der Waals surface area contributed by atoms with E-state index in [9.17, 15) is 18.0 Å². The van der Waals surface area contributed by atoms with Gasteiger partial charge in [0.15, 0.2) is 9.84 Å². The first-order valence-corrected chi connectivity index (χ1v) is 7.36. The number of hydrogen-bond donors (Lipinski definition) is 2. The Kier molecular flexibility index (Phi) is 6.85. The largest absolute Gasteiger partial charge is 0.480 e. The van der Waals surface area contributed by atoms with Crippen LogP contribution in [0.4, 0.5) is 0 Å². The van der Waals surface area contributed by atoms with Crippen LogP contribution in [0.25, 0.3) is 0 Å². The molecule has 0 aromatic rings. The fourth-order valence-corrected chi connectivity index (χ4v) is 1.63.